The Hall–Kier alpha value is -2.44. The Bertz CT molecular complexity index is 779. The molecule has 0 atom stereocenters. The van der Waals surface area contributed by atoms with Gasteiger partial charge in [0.1, 0.15) is 0 Å². The zero-order valence-electron chi connectivity index (χ0n) is 11.6. The molecule has 0 amide bonds. The number of nitrogen functional groups attached to an aromatic ring is 1. The van der Waals surface area contributed by atoms with Gasteiger partial charge in [-0.3, -0.25) is 4.90 Å². The van der Waals surface area contributed by atoms with E-state index in [1.165, 1.54) is 0 Å². The Kier molecular flexibility index (Phi) is 4.27. The molecule has 0 saturated carbocycles. The van der Waals surface area contributed by atoms with Gasteiger partial charge in [0, 0.05) is 21.4 Å². The third-order valence-electron chi connectivity index (χ3n) is 3.03. The summed E-state index contributed by atoms with van der Waals surface area (Å²) in [4.78, 5) is 5.62. The molecule has 0 bridgehead atoms. The number of hydrogen-bond acceptors (Lipinski definition) is 5. The molecule has 0 fully saturated rings. The molecule has 3 aromatic rings. The maximum atomic E-state index is 13.3. The van der Waals surface area contributed by atoms with Gasteiger partial charge in [-0.15, -0.1) is 10.2 Å². The van der Waals surface area contributed by atoms with Crippen LogP contribution in [0.4, 0.5) is 27.5 Å². The molecule has 0 aliphatic carbocycles. The van der Waals surface area contributed by atoms with E-state index < -0.39 is 5.95 Å². The lowest BCUT2D eigenvalue weighted by Gasteiger charge is -2.22. The normalized spacial score (nSPS) is 10.6. The Morgan fingerprint density at radius 3 is 1.74 bits per heavy atom. The van der Waals surface area contributed by atoms with Gasteiger partial charge in [0.2, 0.25) is 0 Å². The summed E-state index contributed by atoms with van der Waals surface area (Å²) >= 11 is 11.9. The van der Waals surface area contributed by atoms with E-state index in [2.05, 4.69) is 15.2 Å². The maximum absolute atomic E-state index is 13.3. The van der Waals surface area contributed by atoms with Crippen LogP contribution in [0.3, 0.4) is 0 Å². The number of benzene rings is 2. The summed E-state index contributed by atoms with van der Waals surface area (Å²) in [7, 11) is 0. The van der Waals surface area contributed by atoms with Crippen LogP contribution < -0.4 is 10.6 Å². The molecule has 0 spiro atoms. The fraction of sp³-hybridized carbons (Fsp3) is 0. The van der Waals surface area contributed by atoms with Gasteiger partial charge in [-0.25, -0.2) is 0 Å². The van der Waals surface area contributed by atoms with E-state index in [-0.39, 0.29) is 11.8 Å². The zero-order valence-corrected chi connectivity index (χ0v) is 13.1. The molecular weight excluding hydrogens is 340 g/mol. The molecule has 0 radical (unpaired) electrons. The predicted molar refractivity (Wildman–Crippen MR) is 88.9 cm³/mol. The van der Waals surface area contributed by atoms with Gasteiger partial charge in [-0.2, -0.15) is 9.37 Å². The first-order valence-electron chi connectivity index (χ1n) is 6.51. The van der Waals surface area contributed by atoms with E-state index >= 15 is 0 Å². The van der Waals surface area contributed by atoms with Crippen molar-refractivity contribution in [2.24, 2.45) is 0 Å². The molecule has 0 aliphatic rings. The van der Waals surface area contributed by atoms with E-state index in [1.54, 1.807) is 53.4 Å². The van der Waals surface area contributed by atoms with Crippen LogP contribution in [0, 0.1) is 5.95 Å². The summed E-state index contributed by atoms with van der Waals surface area (Å²) in [5.74, 6) is -1.11. The van der Waals surface area contributed by atoms with Gasteiger partial charge in [-0.1, -0.05) is 23.2 Å². The molecule has 2 N–H and O–H groups in total. The van der Waals surface area contributed by atoms with E-state index in [0.29, 0.717) is 21.4 Å². The Balaban J connectivity index is 2.14. The first-order valence-corrected chi connectivity index (χ1v) is 7.27. The van der Waals surface area contributed by atoms with Crippen molar-refractivity contribution in [1.82, 2.24) is 15.2 Å². The average molecular weight is 350 g/mol. The van der Waals surface area contributed by atoms with Gasteiger partial charge >= 0.3 is 0 Å². The van der Waals surface area contributed by atoms with Crippen LogP contribution >= 0.6 is 23.2 Å². The minimum Gasteiger partial charge on any atom is -0.380 e. The topological polar surface area (TPSA) is 67.9 Å². The van der Waals surface area contributed by atoms with Crippen molar-refractivity contribution in [3.63, 3.8) is 0 Å². The quantitative estimate of drug-likeness (QED) is 0.760. The van der Waals surface area contributed by atoms with E-state index in [1.807, 2.05) is 0 Å². The molecule has 0 saturated heterocycles. The van der Waals surface area contributed by atoms with Gasteiger partial charge in [0.25, 0.3) is 11.9 Å². The lowest BCUT2D eigenvalue weighted by molar-refractivity contribution is 0.560. The van der Waals surface area contributed by atoms with Crippen molar-refractivity contribution in [2.75, 3.05) is 10.6 Å². The molecule has 1 heterocycles. The standard InChI is InChI=1S/C15H10Cl2FN5/c16-9-1-5-11(6-2-9)23(12-7-3-10(17)4-8-12)15-20-14(19)13(18)21-22-15/h1-8H,(H2,19,20,22). The van der Waals surface area contributed by atoms with Crippen LogP contribution in [0.15, 0.2) is 48.5 Å². The van der Waals surface area contributed by atoms with Crippen LogP contribution in [0.2, 0.25) is 10.0 Å². The minimum absolute atomic E-state index is 0.133. The van der Waals surface area contributed by atoms with Crippen LogP contribution in [0.25, 0.3) is 0 Å². The predicted octanol–water partition coefficient (Wildman–Crippen LogP) is 4.37. The van der Waals surface area contributed by atoms with Crippen LogP contribution in [-0.2, 0) is 0 Å². The number of nitrogens with zero attached hydrogens (tertiary/aromatic N) is 4. The third-order valence-corrected chi connectivity index (χ3v) is 3.53. The summed E-state index contributed by atoms with van der Waals surface area (Å²) < 4.78 is 13.3. The number of aromatic nitrogens is 3. The lowest BCUT2D eigenvalue weighted by Crippen LogP contribution is -2.16. The van der Waals surface area contributed by atoms with Crippen molar-refractivity contribution in [3.05, 3.63) is 64.5 Å². The first kappa shape index (κ1) is 15.5. The lowest BCUT2D eigenvalue weighted by atomic mass is 10.2. The smallest absolute Gasteiger partial charge is 0.275 e. The fourth-order valence-electron chi connectivity index (χ4n) is 1.97. The first-order chi connectivity index (χ1) is 11.0. The van der Waals surface area contributed by atoms with Gasteiger partial charge in [-0.05, 0) is 48.5 Å². The van der Waals surface area contributed by atoms with Crippen molar-refractivity contribution >= 4 is 46.3 Å². The second-order valence-electron chi connectivity index (χ2n) is 4.58. The number of halogens is 3. The van der Waals surface area contributed by atoms with E-state index in [0.717, 1.165) is 0 Å². The molecule has 2 aromatic carbocycles. The SMILES string of the molecule is Nc1nc(N(c2ccc(Cl)cc2)c2ccc(Cl)cc2)nnc1F. The molecule has 8 heteroatoms. The van der Waals surface area contributed by atoms with E-state index in [4.69, 9.17) is 28.9 Å². The van der Waals surface area contributed by atoms with Crippen molar-refractivity contribution in [2.45, 2.75) is 0 Å². The highest BCUT2D eigenvalue weighted by Crippen LogP contribution is 2.33. The van der Waals surface area contributed by atoms with Crippen LogP contribution in [-0.4, -0.2) is 15.2 Å². The highest BCUT2D eigenvalue weighted by Gasteiger charge is 2.17. The number of anilines is 4. The van der Waals surface area contributed by atoms with Gasteiger partial charge in [0.05, 0.1) is 0 Å². The second-order valence-corrected chi connectivity index (χ2v) is 5.45. The zero-order chi connectivity index (χ0) is 16.4. The fourth-order valence-corrected chi connectivity index (χ4v) is 2.22. The Morgan fingerprint density at radius 2 is 1.30 bits per heavy atom. The van der Waals surface area contributed by atoms with Crippen LogP contribution in [0.1, 0.15) is 0 Å². The molecule has 0 aliphatic heterocycles. The third kappa shape index (κ3) is 3.33. The summed E-state index contributed by atoms with van der Waals surface area (Å²) in [5, 5.41) is 8.34. The second kappa shape index (κ2) is 6.36. The molecule has 0 unspecified atom stereocenters. The van der Waals surface area contributed by atoms with Crippen molar-refractivity contribution in [1.29, 1.82) is 0 Å². The molecule has 23 heavy (non-hydrogen) atoms. The summed E-state index contributed by atoms with van der Waals surface area (Å²) in [6.45, 7) is 0. The summed E-state index contributed by atoms with van der Waals surface area (Å²) in [6, 6.07) is 14.0. The maximum Gasteiger partial charge on any atom is 0.275 e. The molecule has 1 aromatic heterocycles. The largest absolute Gasteiger partial charge is 0.380 e. The summed E-state index contributed by atoms with van der Waals surface area (Å²) in [6.07, 6.45) is 0. The Labute approximate surface area is 141 Å². The molecular formula is C15H10Cl2FN5. The number of rotatable bonds is 3. The summed E-state index contributed by atoms with van der Waals surface area (Å²) in [5.41, 5.74) is 6.93. The molecule has 5 nitrogen and oxygen atoms in total. The minimum atomic E-state index is -0.916. The van der Waals surface area contributed by atoms with Crippen molar-refractivity contribution < 1.29 is 4.39 Å². The Morgan fingerprint density at radius 1 is 0.826 bits per heavy atom. The van der Waals surface area contributed by atoms with Crippen molar-refractivity contribution in [3.8, 4) is 0 Å². The number of hydrogen-bond donors (Lipinski definition) is 1. The van der Waals surface area contributed by atoms with Crippen LogP contribution in [0.5, 0.6) is 0 Å². The highest BCUT2D eigenvalue weighted by molar-refractivity contribution is 6.31. The molecule has 116 valence electrons. The van der Waals surface area contributed by atoms with E-state index in [9.17, 15) is 4.39 Å². The highest BCUT2D eigenvalue weighted by atomic mass is 35.5. The van der Waals surface area contributed by atoms with Gasteiger partial charge in [0.15, 0.2) is 5.82 Å². The molecule has 3 rings (SSSR count). The monoisotopic (exact) mass is 349 g/mol. The average Bonchev–Trinajstić information content (AvgIpc) is 2.55. The number of nitrogens with two attached hydrogens (primary N) is 1. The van der Waals surface area contributed by atoms with Gasteiger partial charge < -0.3 is 5.73 Å².